The van der Waals surface area contributed by atoms with Gasteiger partial charge in [-0.2, -0.15) is 4.91 Å². The van der Waals surface area contributed by atoms with E-state index in [0.717, 1.165) is 32.5 Å². The molecule has 0 radical (unpaired) electrons. The van der Waals surface area contributed by atoms with E-state index in [4.69, 9.17) is 0 Å². The topological polar surface area (TPSA) is 32.7 Å². The first-order valence-corrected chi connectivity index (χ1v) is 3.91. The molecule has 0 spiro atoms. The second kappa shape index (κ2) is 3.66. The van der Waals surface area contributed by atoms with E-state index in [9.17, 15) is 4.91 Å². The first-order chi connectivity index (χ1) is 4.86. The largest absolute Gasteiger partial charge is 0.303 e. The highest BCUT2D eigenvalue weighted by Crippen LogP contribution is 2.11. The van der Waals surface area contributed by atoms with Crippen LogP contribution in [0.15, 0.2) is 5.18 Å². The van der Waals surface area contributed by atoms with Gasteiger partial charge < -0.3 is 4.90 Å². The molecule has 0 aromatic rings. The Labute approximate surface area is 61.4 Å². The predicted octanol–water partition coefficient (Wildman–Crippen LogP) is 1.24. The summed E-state index contributed by atoms with van der Waals surface area (Å²) in [6.07, 6.45) is 1.91. The smallest absolute Gasteiger partial charge is 0.0944 e. The zero-order chi connectivity index (χ0) is 7.40. The Kier molecular flexibility index (Phi) is 2.81. The fraction of sp³-hybridized carbons (Fsp3) is 1.00. The van der Waals surface area contributed by atoms with Crippen molar-refractivity contribution in [1.82, 2.24) is 4.90 Å². The molecule has 1 saturated heterocycles. The minimum Gasteiger partial charge on any atom is -0.303 e. The van der Waals surface area contributed by atoms with Gasteiger partial charge in [0.25, 0.3) is 0 Å². The molecule has 58 valence electrons. The maximum Gasteiger partial charge on any atom is 0.0944 e. The summed E-state index contributed by atoms with van der Waals surface area (Å²) in [5, 5.41) is 3.04. The summed E-state index contributed by atoms with van der Waals surface area (Å²) in [7, 11) is 0. The van der Waals surface area contributed by atoms with Gasteiger partial charge >= 0.3 is 0 Å². The van der Waals surface area contributed by atoms with Crippen LogP contribution in [0.25, 0.3) is 0 Å². The van der Waals surface area contributed by atoms with Gasteiger partial charge in [0.15, 0.2) is 0 Å². The molecule has 1 aliphatic rings. The monoisotopic (exact) mass is 142 g/mol. The molecule has 0 atom stereocenters. The first-order valence-electron chi connectivity index (χ1n) is 3.91. The third kappa shape index (κ3) is 1.77. The van der Waals surface area contributed by atoms with Crippen molar-refractivity contribution in [1.29, 1.82) is 0 Å². The van der Waals surface area contributed by atoms with Crippen molar-refractivity contribution in [2.75, 3.05) is 19.6 Å². The molecule has 3 heteroatoms. The molecule has 0 amide bonds. The van der Waals surface area contributed by atoms with Gasteiger partial charge in [0.05, 0.1) is 6.04 Å². The normalized spacial score (nSPS) is 22.9. The molecule has 0 N–H and O–H groups in total. The molecule has 0 aromatic heterocycles. The summed E-state index contributed by atoms with van der Waals surface area (Å²) >= 11 is 0. The summed E-state index contributed by atoms with van der Waals surface area (Å²) in [5.41, 5.74) is 0. The first kappa shape index (κ1) is 7.66. The lowest BCUT2D eigenvalue weighted by molar-refractivity contribution is 0.223. The van der Waals surface area contributed by atoms with Crippen molar-refractivity contribution in [3.05, 3.63) is 4.91 Å². The molecular weight excluding hydrogens is 128 g/mol. The maximum atomic E-state index is 10.1. The molecule has 1 rings (SSSR count). The second-order valence-corrected chi connectivity index (χ2v) is 2.77. The highest BCUT2D eigenvalue weighted by Gasteiger charge is 2.17. The van der Waals surface area contributed by atoms with Gasteiger partial charge in [0, 0.05) is 13.1 Å². The van der Waals surface area contributed by atoms with E-state index in [1.165, 1.54) is 0 Å². The quantitative estimate of drug-likeness (QED) is 0.543. The maximum absolute atomic E-state index is 10.1. The lowest BCUT2D eigenvalue weighted by atomic mass is 10.1. The Morgan fingerprint density at radius 1 is 1.50 bits per heavy atom. The van der Waals surface area contributed by atoms with Crippen molar-refractivity contribution in [3.63, 3.8) is 0 Å². The van der Waals surface area contributed by atoms with E-state index in [0.29, 0.717) is 0 Å². The van der Waals surface area contributed by atoms with Crippen LogP contribution in [0.4, 0.5) is 0 Å². The van der Waals surface area contributed by atoms with E-state index < -0.39 is 0 Å². The van der Waals surface area contributed by atoms with Crippen molar-refractivity contribution in [2.45, 2.75) is 25.8 Å². The number of hydrogen-bond acceptors (Lipinski definition) is 3. The molecule has 0 aliphatic carbocycles. The molecule has 3 nitrogen and oxygen atoms in total. The van der Waals surface area contributed by atoms with Crippen LogP contribution in [0.5, 0.6) is 0 Å². The van der Waals surface area contributed by atoms with E-state index >= 15 is 0 Å². The molecule has 0 aromatic carbocycles. The average molecular weight is 142 g/mol. The van der Waals surface area contributed by atoms with Crippen LogP contribution in [-0.4, -0.2) is 30.6 Å². The average Bonchev–Trinajstić information content (AvgIpc) is 2.05. The SMILES string of the molecule is CCN1CCC(N=O)CC1. The summed E-state index contributed by atoms with van der Waals surface area (Å²) in [4.78, 5) is 12.4. The van der Waals surface area contributed by atoms with Crippen molar-refractivity contribution in [3.8, 4) is 0 Å². The van der Waals surface area contributed by atoms with Crippen molar-refractivity contribution < 1.29 is 0 Å². The summed E-state index contributed by atoms with van der Waals surface area (Å²) in [5.74, 6) is 0. The molecule has 0 unspecified atom stereocenters. The molecule has 0 saturated carbocycles. The third-order valence-corrected chi connectivity index (χ3v) is 2.15. The van der Waals surface area contributed by atoms with Crippen LogP contribution in [0.1, 0.15) is 19.8 Å². The van der Waals surface area contributed by atoms with Crippen molar-refractivity contribution >= 4 is 0 Å². The molecule has 1 heterocycles. The zero-order valence-electron chi connectivity index (χ0n) is 6.42. The van der Waals surface area contributed by atoms with E-state index in [2.05, 4.69) is 17.0 Å². The summed E-state index contributed by atoms with van der Waals surface area (Å²) in [6.45, 7) is 5.35. The van der Waals surface area contributed by atoms with Gasteiger partial charge in [0.2, 0.25) is 0 Å². The fourth-order valence-electron chi connectivity index (χ4n) is 1.34. The minimum atomic E-state index is 0.0998. The Morgan fingerprint density at radius 2 is 2.10 bits per heavy atom. The summed E-state index contributed by atoms with van der Waals surface area (Å²) < 4.78 is 0. The van der Waals surface area contributed by atoms with Crippen molar-refractivity contribution in [2.24, 2.45) is 5.18 Å². The number of hydrogen-bond donors (Lipinski definition) is 0. The lowest BCUT2D eigenvalue weighted by Crippen LogP contribution is -2.34. The van der Waals surface area contributed by atoms with Gasteiger partial charge in [-0.1, -0.05) is 12.1 Å². The Bertz CT molecular complexity index is 108. The number of rotatable bonds is 2. The Morgan fingerprint density at radius 3 is 2.50 bits per heavy atom. The lowest BCUT2D eigenvalue weighted by Gasteiger charge is -2.27. The molecular formula is C7H14N2O. The number of nitrogens with zero attached hydrogens (tertiary/aromatic N) is 2. The Balaban J connectivity index is 2.23. The van der Waals surface area contributed by atoms with Crippen LogP contribution in [0.2, 0.25) is 0 Å². The predicted molar refractivity (Wildman–Crippen MR) is 40.9 cm³/mol. The second-order valence-electron chi connectivity index (χ2n) is 2.77. The highest BCUT2D eigenvalue weighted by molar-refractivity contribution is 4.75. The van der Waals surface area contributed by atoms with Crippen LogP contribution < -0.4 is 0 Å². The zero-order valence-corrected chi connectivity index (χ0v) is 6.42. The van der Waals surface area contributed by atoms with Gasteiger partial charge in [-0.05, 0) is 19.4 Å². The minimum absolute atomic E-state index is 0.0998. The van der Waals surface area contributed by atoms with Crippen LogP contribution in [0, 0.1) is 4.91 Å². The van der Waals surface area contributed by atoms with Gasteiger partial charge in [-0.3, -0.25) is 0 Å². The molecule has 1 fully saturated rings. The Hall–Kier alpha value is -0.440. The van der Waals surface area contributed by atoms with Gasteiger partial charge in [0.1, 0.15) is 0 Å². The number of likely N-dealkylation sites (tertiary alicyclic amines) is 1. The van der Waals surface area contributed by atoms with E-state index in [1.54, 1.807) is 0 Å². The molecule has 1 aliphatic heterocycles. The van der Waals surface area contributed by atoms with Crippen LogP contribution in [0.3, 0.4) is 0 Å². The van der Waals surface area contributed by atoms with E-state index in [1.807, 2.05) is 0 Å². The standard InChI is InChI=1S/C7H14N2O/c1-2-9-5-3-7(8-10)4-6-9/h7H,2-6H2,1H3. The summed E-state index contributed by atoms with van der Waals surface area (Å²) in [6, 6.07) is 0.0998. The third-order valence-electron chi connectivity index (χ3n) is 2.15. The van der Waals surface area contributed by atoms with Crippen LogP contribution >= 0.6 is 0 Å². The fourth-order valence-corrected chi connectivity index (χ4v) is 1.34. The number of nitroso groups, excluding NO2 is 1. The van der Waals surface area contributed by atoms with Gasteiger partial charge in [-0.25, -0.2) is 0 Å². The van der Waals surface area contributed by atoms with Gasteiger partial charge in [-0.15, -0.1) is 0 Å². The molecule has 0 bridgehead atoms. The van der Waals surface area contributed by atoms with Crippen LogP contribution in [-0.2, 0) is 0 Å². The van der Waals surface area contributed by atoms with E-state index in [-0.39, 0.29) is 6.04 Å². The molecule has 10 heavy (non-hydrogen) atoms. The highest BCUT2D eigenvalue weighted by atomic mass is 16.3. The number of piperidine rings is 1.